The van der Waals surface area contributed by atoms with E-state index in [1.807, 2.05) is 11.8 Å². The summed E-state index contributed by atoms with van der Waals surface area (Å²) < 4.78 is 0. The molecule has 1 aromatic carbocycles. The SMILES string of the molecule is CSc1cccc(N2C3CCCC2CC(N)C3)c1. The molecule has 2 aliphatic heterocycles. The molecule has 2 bridgehead atoms. The zero-order chi connectivity index (χ0) is 12.5. The Kier molecular flexibility index (Phi) is 3.53. The lowest BCUT2D eigenvalue weighted by Crippen LogP contribution is -2.55. The Morgan fingerprint density at radius 3 is 2.61 bits per heavy atom. The maximum absolute atomic E-state index is 6.19. The number of nitrogens with two attached hydrogens (primary N) is 1. The summed E-state index contributed by atoms with van der Waals surface area (Å²) in [6.07, 6.45) is 8.48. The fourth-order valence-electron chi connectivity index (χ4n) is 3.62. The molecule has 2 heterocycles. The first-order valence-electron chi connectivity index (χ1n) is 6.96. The van der Waals surface area contributed by atoms with E-state index in [2.05, 4.69) is 35.4 Å². The van der Waals surface area contributed by atoms with Gasteiger partial charge < -0.3 is 10.6 Å². The van der Waals surface area contributed by atoms with Crippen molar-refractivity contribution in [1.29, 1.82) is 0 Å². The van der Waals surface area contributed by atoms with E-state index in [1.54, 1.807) is 0 Å². The van der Waals surface area contributed by atoms with E-state index in [9.17, 15) is 0 Å². The molecule has 98 valence electrons. The third-order valence-electron chi connectivity index (χ3n) is 4.36. The summed E-state index contributed by atoms with van der Waals surface area (Å²) in [6.45, 7) is 0. The summed E-state index contributed by atoms with van der Waals surface area (Å²) in [4.78, 5) is 4.02. The van der Waals surface area contributed by atoms with Gasteiger partial charge in [0.05, 0.1) is 0 Å². The molecular formula is C15H22N2S. The molecule has 1 aromatic rings. The minimum Gasteiger partial charge on any atom is -0.365 e. The first-order valence-corrected chi connectivity index (χ1v) is 8.18. The topological polar surface area (TPSA) is 29.3 Å². The summed E-state index contributed by atoms with van der Waals surface area (Å²) >= 11 is 1.82. The Morgan fingerprint density at radius 2 is 1.94 bits per heavy atom. The lowest BCUT2D eigenvalue weighted by atomic mass is 9.81. The summed E-state index contributed by atoms with van der Waals surface area (Å²) in [6, 6.07) is 10.7. The first kappa shape index (κ1) is 12.4. The van der Waals surface area contributed by atoms with E-state index in [4.69, 9.17) is 5.73 Å². The average Bonchev–Trinajstić information content (AvgIpc) is 2.37. The normalized spacial score (nSPS) is 31.4. The monoisotopic (exact) mass is 262 g/mol. The van der Waals surface area contributed by atoms with Crippen LogP contribution in [0, 0.1) is 0 Å². The predicted octanol–water partition coefficient (Wildman–Crippen LogP) is 3.26. The summed E-state index contributed by atoms with van der Waals surface area (Å²) in [7, 11) is 0. The molecule has 3 heteroatoms. The highest BCUT2D eigenvalue weighted by molar-refractivity contribution is 7.98. The molecule has 2 nitrogen and oxygen atoms in total. The third kappa shape index (κ3) is 2.26. The molecular weight excluding hydrogens is 240 g/mol. The number of fused-ring (bicyclic) bond motifs is 2. The molecule has 0 saturated carbocycles. The quantitative estimate of drug-likeness (QED) is 0.830. The number of anilines is 1. The van der Waals surface area contributed by atoms with E-state index in [1.165, 1.54) is 42.7 Å². The standard InChI is InChI=1S/C15H22N2S/c1-18-15-7-3-6-14(10-15)17-12-4-2-5-13(17)9-11(16)8-12/h3,6-7,10-13H,2,4-5,8-9,16H2,1H3. The van der Waals surface area contributed by atoms with Crippen molar-refractivity contribution >= 4 is 17.4 Å². The molecule has 2 saturated heterocycles. The van der Waals surface area contributed by atoms with Crippen molar-refractivity contribution < 1.29 is 0 Å². The van der Waals surface area contributed by atoms with Gasteiger partial charge in [-0.2, -0.15) is 0 Å². The van der Waals surface area contributed by atoms with Gasteiger partial charge in [0.25, 0.3) is 0 Å². The maximum Gasteiger partial charge on any atom is 0.0382 e. The van der Waals surface area contributed by atoms with Gasteiger partial charge in [0.15, 0.2) is 0 Å². The summed E-state index contributed by atoms with van der Waals surface area (Å²) in [5.41, 5.74) is 7.60. The van der Waals surface area contributed by atoms with Crippen LogP contribution in [0.5, 0.6) is 0 Å². The number of rotatable bonds is 2. The summed E-state index contributed by atoms with van der Waals surface area (Å²) in [5, 5.41) is 0. The number of hydrogen-bond acceptors (Lipinski definition) is 3. The van der Waals surface area contributed by atoms with Crippen LogP contribution in [0.2, 0.25) is 0 Å². The minimum absolute atomic E-state index is 0.417. The second-order valence-electron chi connectivity index (χ2n) is 5.58. The number of benzene rings is 1. The largest absolute Gasteiger partial charge is 0.365 e. The molecule has 18 heavy (non-hydrogen) atoms. The zero-order valence-electron chi connectivity index (χ0n) is 11.0. The van der Waals surface area contributed by atoms with Crippen molar-refractivity contribution in [2.24, 2.45) is 5.73 Å². The molecule has 2 atom stereocenters. The molecule has 3 rings (SSSR count). The van der Waals surface area contributed by atoms with Gasteiger partial charge in [-0.15, -0.1) is 11.8 Å². The van der Waals surface area contributed by atoms with Crippen LogP contribution in [0.4, 0.5) is 5.69 Å². The second kappa shape index (κ2) is 5.14. The molecule has 0 aliphatic carbocycles. The van der Waals surface area contributed by atoms with E-state index in [0.717, 1.165) is 0 Å². The van der Waals surface area contributed by atoms with Crippen LogP contribution < -0.4 is 10.6 Å². The van der Waals surface area contributed by atoms with E-state index in [0.29, 0.717) is 18.1 Å². The first-order chi connectivity index (χ1) is 8.78. The highest BCUT2D eigenvalue weighted by Crippen LogP contribution is 2.38. The van der Waals surface area contributed by atoms with Crippen molar-refractivity contribution in [3.8, 4) is 0 Å². The highest BCUT2D eigenvalue weighted by Gasteiger charge is 2.36. The molecule has 2 aliphatic rings. The van der Waals surface area contributed by atoms with Crippen LogP contribution in [0.25, 0.3) is 0 Å². The Labute approximate surface area is 114 Å². The van der Waals surface area contributed by atoms with Crippen LogP contribution in [-0.2, 0) is 0 Å². The molecule has 0 amide bonds. The number of piperidine rings is 2. The number of nitrogens with zero attached hydrogens (tertiary/aromatic N) is 1. The van der Waals surface area contributed by atoms with Crippen LogP contribution >= 0.6 is 11.8 Å². The van der Waals surface area contributed by atoms with Gasteiger partial charge >= 0.3 is 0 Å². The Morgan fingerprint density at radius 1 is 1.22 bits per heavy atom. The molecule has 2 N–H and O–H groups in total. The van der Waals surface area contributed by atoms with Crippen molar-refractivity contribution in [1.82, 2.24) is 0 Å². The van der Waals surface area contributed by atoms with Crippen molar-refractivity contribution in [2.75, 3.05) is 11.2 Å². The minimum atomic E-state index is 0.417. The van der Waals surface area contributed by atoms with Crippen molar-refractivity contribution in [2.45, 2.75) is 55.1 Å². The molecule has 2 unspecified atom stereocenters. The lowest BCUT2D eigenvalue weighted by Gasteiger charge is -2.49. The Balaban J connectivity index is 1.90. The number of hydrogen-bond donors (Lipinski definition) is 1. The van der Waals surface area contributed by atoms with Gasteiger partial charge in [-0.25, -0.2) is 0 Å². The number of thioether (sulfide) groups is 1. The van der Waals surface area contributed by atoms with Crippen LogP contribution in [0.15, 0.2) is 29.2 Å². The van der Waals surface area contributed by atoms with Crippen molar-refractivity contribution in [3.05, 3.63) is 24.3 Å². The van der Waals surface area contributed by atoms with E-state index >= 15 is 0 Å². The Bertz CT molecular complexity index is 407. The van der Waals surface area contributed by atoms with Gasteiger partial charge in [0, 0.05) is 28.7 Å². The van der Waals surface area contributed by atoms with Gasteiger partial charge in [0.1, 0.15) is 0 Å². The van der Waals surface area contributed by atoms with E-state index in [-0.39, 0.29) is 0 Å². The average molecular weight is 262 g/mol. The maximum atomic E-state index is 6.19. The van der Waals surface area contributed by atoms with Crippen LogP contribution in [0.1, 0.15) is 32.1 Å². The summed E-state index contributed by atoms with van der Waals surface area (Å²) in [5.74, 6) is 0. The molecule has 0 aromatic heterocycles. The van der Waals surface area contributed by atoms with Crippen molar-refractivity contribution in [3.63, 3.8) is 0 Å². The zero-order valence-corrected chi connectivity index (χ0v) is 11.8. The highest BCUT2D eigenvalue weighted by atomic mass is 32.2. The third-order valence-corrected chi connectivity index (χ3v) is 5.09. The van der Waals surface area contributed by atoms with Gasteiger partial charge in [-0.3, -0.25) is 0 Å². The molecule has 0 spiro atoms. The Hall–Kier alpha value is -0.670. The van der Waals surface area contributed by atoms with Crippen LogP contribution in [0.3, 0.4) is 0 Å². The van der Waals surface area contributed by atoms with E-state index < -0.39 is 0 Å². The molecule has 0 radical (unpaired) electrons. The van der Waals surface area contributed by atoms with Gasteiger partial charge in [0.2, 0.25) is 0 Å². The van der Waals surface area contributed by atoms with Crippen LogP contribution in [-0.4, -0.2) is 24.4 Å². The predicted molar refractivity (Wildman–Crippen MR) is 79.3 cm³/mol. The molecule has 2 fully saturated rings. The van der Waals surface area contributed by atoms with Gasteiger partial charge in [-0.05, 0) is 56.6 Å². The van der Waals surface area contributed by atoms with Gasteiger partial charge in [-0.1, -0.05) is 6.07 Å². The fourth-order valence-corrected chi connectivity index (χ4v) is 4.07. The fraction of sp³-hybridized carbons (Fsp3) is 0.600. The smallest absolute Gasteiger partial charge is 0.0382 e. The lowest BCUT2D eigenvalue weighted by molar-refractivity contribution is 0.271. The second-order valence-corrected chi connectivity index (χ2v) is 6.46.